The first kappa shape index (κ1) is 39.4. The van der Waals surface area contributed by atoms with Gasteiger partial charge in [-0.05, 0) is 108 Å². The molecule has 0 bridgehead atoms. The second-order valence-corrected chi connectivity index (χ2v) is 14.7. The highest BCUT2D eigenvalue weighted by Gasteiger charge is 2.27. The van der Waals surface area contributed by atoms with Crippen LogP contribution in [0.2, 0.25) is 0 Å². The number of allylic oxidation sites excluding steroid dienone is 14. The molecule has 3 aliphatic rings. The van der Waals surface area contributed by atoms with Crippen molar-refractivity contribution in [2.45, 2.75) is 33.2 Å². The van der Waals surface area contributed by atoms with Crippen LogP contribution in [0.15, 0.2) is 212 Å². The van der Waals surface area contributed by atoms with Crippen LogP contribution in [0.1, 0.15) is 49.1 Å². The maximum atomic E-state index is 6.47. The van der Waals surface area contributed by atoms with E-state index in [1.807, 2.05) is 36.4 Å². The molecule has 9 rings (SSSR count). The molecule has 0 saturated carbocycles. The molecular weight excluding hydrogens is 733 g/mol. The lowest BCUT2D eigenvalue weighted by Crippen LogP contribution is -2.03. The smallest absolute Gasteiger partial charge is 0.172 e. The van der Waals surface area contributed by atoms with E-state index in [0.717, 1.165) is 74.5 Å². The molecule has 1 aliphatic heterocycles. The molecule has 0 fully saturated rings. The van der Waals surface area contributed by atoms with E-state index in [0.29, 0.717) is 18.0 Å². The van der Waals surface area contributed by atoms with Crippen molar-refractivity contribution in [2.24, 2.45) is 4.99 Å². The van der Waals surface area contributed by atoms with E-state index in [-0.39, 0.29) is 0 Å². The van der Waals surface area contributed by atoms with E-state index >= 15 is 0 Å². The van der Waals surface area contributed by atoms with Crippen LogP contribution in [0.4, 0.5) is 0 Å². The van der Waals surface area contributed by atoms with Crippen molar-refractivity contribution in [3.63, 3.8) is 0 Å². The molecule has 1 aromatic heterocycles. The second-order valence-electron chi connectivity index (χ2n) is 14.7. The van der Waals surface area contributed by atoms with E-state index in [1.54, 1.807) is 6.08 Å². The van der Waals surface area contributed by atoms with Crippen molar-refractivity contribution in [3.8, 4) is 39.8 Å². The minimum absolute atomic E-state index is 0.538. The van der Waals surface area contributed by atoms with Gasteiger partial charge in [0.2, 0.25) is 0 Å². The van der Waals surface area contributed by atoms with E-state index in [1.165, 1.54) is 28.0 Å². The van der Waals surface area contributed by atoms with Gasteiger partial charge in [-0.1, -0.05) is 146 Å². The summed E-state index contributed by atoms with van der Waals surface area (Å²) in [4.78, 5) is 5.20. The fraction of sp³-hybridized carbons (Fsp3) is 0.0893. The molecule has 0 amide bonds. The Kier molecular flexibility index (Phi) is 11.8. The number of aliphatic imine (C=N–C) groups is 1. The van der Waals surface area contributed by atoms with Crippen LogP contribution in [0, 0.1) is 0 Å². The number of hydrogen-bond acceptors (Lipinski definition) is 3. The molecule has 2 aliphatic carbocycles. The molecule has 4 heteroatoms. The fourth-order valence-electron chi connectivity index (χ4n) is 8.02. The van der Waals surface area contributed by atoms with E-state index < -0.39 is 0 Å². The van der Waals surface area contributed by atoms with Gasteiger partial charge in [0.15, 0.2) is 23.0 Å². The summed E-state index contributed by atoms with van der Waals surface area (Å²) >= 11 is 0. The highest BCUT2D eigenvalue weighted by Crippen LogP contribution is 2.50. The number of nitrogens with zero attached hydrogens (tertiary/aromatic N) is 2. The van der Waals surface area contributed by atoms with Crippen molar-refractivity contribution >= 4 is 33.8 Å². The van der Waals surface area contributed by atoms with E-state index in [2.05, 4.69) is 178 Å². The van der Waals surface area contributed by atoms with Gasteiger partial charge in [-0.15, -0.1) is 13.2 Å². The van der Waals surface area contributed by atoms with Gasteiger partial charge in [-0.25, -0.2) is 0 Å². The number of ether oxygens (including phenoxy) is 2. The maximum absolute atomic E-state index is 6.47. The van der Waals surface area contributed by atoms with Crippen LogP contribution < -0.4 is 9.47 Å². The Morgan fingerprint density at radius 2 is 1.47 bits per heavy atom. The summed E-state index contributed by atoms with van der Waals surface area (Å²) in [7, 11) is 0. The van der Waals surface area contributed by atoms with Crippen LogP contribution in [0.25, 0.3) is 44.9 Å². The third kappa shape index (κ3) is 8.01. The minimum Gasteiger partial charge on any atom is -0.449 e. The molecular formula is C56H48N2O2. The predicted molar refractivity (Wildman–Crippen MR) is 254 cm³/mol. The Morgan fingerprint density at radius 3 is 2.23 bits per heavy atom. The van der Waals surface area contributed by atoms with Crippen LogP contribution in [0.5, 0.6) is 23.0 Å². The molecule has 5 aromatic carbocycles. The zero-order chi connectivity index (χ0) is 41.4. The molecule has 4 nitrogen and oxygen atoms in total. The Bertz CT molecular complexity index is 2850. The average Bonchev–Trinajstić information content (AvgIpc) is 3.41. The topological polar surface area (TPSA) is 35.8 Å². The van der Waals surface area contributed by atoms with Gasteiger partial charge in [0.25, 0.3) is 0 Å². The van der Waals surface area contributed by atoms with Crippen molar-refractivity contribution in [3.05, 3.63) is 229 Å². The van der Waals surface area contributed by atoms with Crippen molar-refractivity contribution in [2.75, 3.05) is 0 Å². The first-order valence-corrected chi connectivity index (χ1v) is 20.4. The molecule has 60 heavy (non-hydrogen) atoms. The molecule has 0 atom stereocenters. The summed E-state index contributed by atoms with van der Waals surface area (Å²) in [5.41, 5.74) is 14.9. The molecule has 0 N–H and O–H groups in total. The van der Waals surface area contributed by atoms with Gasteiger partial charge in [0.05, 0.1) is 23.5 Å². The number of fused-ring (bicyclic) bond motifs is 6. The summed E-state index contributed by atoms with van der Waals surface area (Å²) in [6, 6.07) is 40.2. The zero-order valence-electron chi connectivity index (χ0n) is 34.3. The van der Waals surface area contributed by atoms with Gasteiger partial charge in [0.1, 0.15) is 0 Å². The summed E-state index contributed by atoms with van der Waals surface area (Å²) in [5, 5.41) is 1.12. The van der Waals surface area contributed by atoms with Crippen LogP contribution in [-0.4, -0.2) is 10.3 Å². The highest BCUT2D eigenvalue weighted by molar-refractivity contribution is 6.13. The summed E-state index contributed by atoms with van der Waals surface area (Å²) in [6.07, 6.45) is 25.3. The van der Waals surface area contributed by atoms with Crippen molar-refractivity contribution in [1.29, 1.82) is 0 Å². The maximum Gasteiger partial charge on any atom is 0.172 e. The summed E-state index contributed by atoms with van der Waals surface area (Å²) < 4.78 is 15.3. The Hall–Kier alpha value is -7.43. The van der Waals surface area contributed by atoms with Crippen molar-refractivity contribution < 1.29 is 9.47 Å². The van der Waals surface area contributed by atoms with Gasteiger partial charge in [-0.3, -0.25) is 4.99 Å². The van der Waals surface area contributed by atoms with Crippen LogP contribution in [0.3, 0.4) is 0 Å². The normalized spacial score (nSPS) is 14.5. The van der Waals surface area contributed by atoms with Gasteiger partial charge >= 0.3 is 0 Å². The summed E-state index contributed by atoms with van der Waals surface area (Å²) in [5.74, 6) is 2.86. The number of rotatable bonds is 9. The monoisotopic (exact) mass is 780 g/mol. The predicted octanol–water partition coefficient (Wildman–Crippen LogP) is 15.4. The van der Waals surface area contributed by atoms with Crippen molar-refractivity contribution in [1.82, 2.24) is 4.57 Å². The molecule has 0 unspecified atom stereocenters. The molecule has 2 heterocycles. The van der Waals surface area contributed by atoms with E-state index in [4.69, 9.17) is 14.5 Å². The van der Waals surface area contributed by atoms with Gasteiger partial charge in [-0.2, -0.15) is 0 Å². The molecule has 0 spiro atoms. The third-order valence-electron chi connectivity index (χ3n) is 10.9. The molecule has 294 valence electrons. The number of hydrogen-bond donors (Lipinski definition) is 0. The fourth-order valence-corrected chi connectivity index (χ4v) is 8.02. The molecule has 0 saturated heterocycles. The van der Waals surface area contributed by atoms with Crippen LogP contribution >= 0.6 is 0 Å². The lowest BCUT2D eigenvalue weighted by molar-refractivity contribution is 0.360. The third-order valence-corrected chi connectivity index (χ3v) is 10.9. The number of benzene rings is 5. The Morgan fingerprint density at radius 1 is 0.750 bits per heavy atom. The second kappa shape index (κ2) is 18.0. The number of para-hydroxylation sites is 2. The highest BCUT2D eigenvalue weighted by atomic mass is 16.6. The van der Waals surface area contributed by atoms with E-state index in [9.17, 15) is 0 Å². The SMILES string of the molecule is C=C.C=C/C=C\C(=C/C)C(/C=C(\C)c1ccccc1)=NCc1cccc(-c2cccc(-n3c4c(c5cc6c(cc53)Oc3ccccc3O6)C=CCC3=C4C=CC=CC3)c2)c1. The lowest BCUT2D eigenvalue weighted by Gasteiger charge is -2.21. The lowest BCUT2D eigenvalue weighted by atomic mass is 9.99. The van der Waals surface area contributed by atoms with Gasteiger partial charge in [0, 0.05) is 22.7 Å². The summed E-state index contributed by atoms with van der Waals surface area (Å²) in [6.45, 7) is 14.6. The van der Waals surface area contributed by atoms with Gasteiger partial charge < -0.3 is 14.0 Å². The first-order valence-electron chi connectivity index (χ1n) is 20.4. The standard InChI is InChI=1S/C54H44N2O2.C2H4/c1-4-6-19-39(5-2)48(31-37(3)40-20-9-7-10-21-40)55-36-38-18-15-24-42(32-38)43-25-16-26-44(33-43)56-49-35-53-52(57-50-29-13-14-30-51(50)58-53)34-47(49)46-28-17-23-41-22-11-8-12-27-45(41)54(46)56;1-2/h4-21,24-35H,1,22-23,36H2,2-3H3;1-2H2/b19-6-,37-31+,39-5+,55-48?;. The quantitative estimate of drug-likeness (QED) is 0.0831. The zero-order valence-corrected chi connectivity index (χ0v) is 34.3. The van der Waals surface area contributed by atoms with Crippen LogP contribution in [-0.2, 0) is 6.54 Å². The first-order chi connectivity index (χ1) is 29.6. The molecule has 6 aromatic rings. The number of aromatic nitrogens is 1. The average molecular weight is 781 g/mol. The largest absolute Gasteiger partial charge is 0.449 e. The Balaban J connectivity index is 0.00000246. The molecule has 0 radical (unpaired) electrons. The minimum atomic E-state index is 0.538. The Labute approximate surface area is 353 Å².